The molecule has 0 unspecified atom stereocenters. The summed E-state index contributed by atoms with van der Waals surface area (Å²) in [5.41, 5.74) is 1.16. The van der Waals surface area contributed by atoms with E-state index in [9.17, 15) is 9.18 Å². The normalized spacial score (nSPS) is 19.8. The highest BCUT2D eigenvalue weighted by Crippen LogP contribution is 2.28. The van der Waals surface area contributed by atoms with Gasteiger partial charge in [0.2, 0.25) is 5.91 Å². The third-order valence-electron chi connectivity index (χ3n) is 5.86. The first-order valence-corrected chi connectivity index (χ1v) is 9.93. The molecule has 3 heterocycles. The number of anilines is 1. The molecule has 0 radical (unpaired) electrons. The molecule has 2 fully saturated rings. The molecule has 0 bridgehead atoms. The monoisotopic (exact) mass is 374 g/mol. The number of piperazine rings is 1. The van der Waals surface area contributed by atoms with Crippen molar-refractivity contribution in [3.05, 3.63) is 24.0 Å². The summed E-state index contributed by atoms with van der Waals surface area (Å²) in [5, 5.41) is 0. The van der Waals surface area contributed by atoms with Crippen molar-refractivity contribution < 1.29 is 13.6 Å². The number of likely N-dealkylation sites (N-methyl/N-ethyl adjacent to an activating group) is 1. The number of rotatable bonds is 4. The highest BCUT2D eigenvalue weighted by molar-refractivity contribution is 5.76. The fraction of sp³-hybridized carbons (Fsp3) is 0.600. The van der Waals surface area contributed by atoms with Gasteiger partial charge in [-0.15, -0.1) is 0 Å². The van der Waals surface area contributed by atoms with Crippen LogP contribution in [0.25, 0.3) is 11.1 Å². The molecular weight excluding hydrogens is 347 g/mol. The van der Waals surface area contributed by atoms with E-state index in [1.54, 1.807) is 6.07 Å². The van der Waals surface area contributed by atoms with Gasteiger partial charge in [0, 0.05) is 51.8 Å². The minimum absolute atomic E-state index is 0.293. The van der Waals surface area contributed by atoms with Crippen molar-refractivity contribution in [1.29, 1.82) is 0 Å². The third-order valence-corrected chi connectivity index (χ3v) is 5.86. The Balaban J connectivity index is 1.29. The Hall–Kier alpha value is -2.15. The second-order valence-corrected chi connectivity index (χ2v) is 7.56. The number of piperidine rings is 1. The van der Waals surface area contributed by atoms with E-state index in [2.05, 4.69) is 21.7 Å². The van der Waals surface area contributed by atoms with E-state index in [1.807, 2.05) is 4.90 Å². The van der Waals surface area contributed by atoms with Gasteiger partial charge in [-0.1, -0.05) is 6.92 Å². The average Bonchev–Trinajstić information content (AvgIpc) is 3.11. The van der Waals surface area contributed by atoms with Gasteiger partial charge in [0.1, 0.15) is 11.3 Å². The second-order valence-electron chi connectivity index (χ2n) is 7.56. The number of hydrogen-bond donors (Lipinski definition) is 0. The largest absolute Gasteiger partial charge is 0.423 e. The summed E-state index contributed by atoms with van der Waals surface area (Å²) in [6.45, 7) is 8.53. The fourth-order valence-corrected chi connectivity index (χ4v) is 4.04. The Morgan fingerprint density at radius 2 is 1.93 bits per heavy atom. The molecule has 146 valence electrons. The van der Waals surface area contributed by atoms with Gasteiger partial charge >= 0.3 is 0 Å². The summed E-state index contributed by atoms with van der Waals surface area (Å²) >= 11 is 0. The van der Waals surface area contributed by atoms with Crippen molar-refractivity contribution in [2.45, 2.75) is 26.2 Å². The summed E-state index contributed by atoms with van der Waals surface area (Å²) in [7, 11) is 0. The maximum absolute atomic E-state index is 13.3. The first-order chi connectivity index (χ1) is 13.1. The molecule has 1 amide bonds. The molecule has 4 rings (SSSR count). The van der Waals surface area contributed by atoms with E-state index in [-0.39, 0.29) is 5.82 Å². The number of carbonyl (C=O) groups is 1. The zero-order valence-corrected chi connectivity index (χ0v) is 15.9. The van der Waals surface area contributed by atoms with Crippen molar-refractivity contribution in [2.24, 2.45) is 5.92 Å². The molecule has 2 saturated heterocycles. The van der Waals surface area contributed by atoms with Gasteiger partial charge in [0.15, 0.2) is 5.58 Å². The van der Waals surface area contributed by atoms with Crippen molar-refractivity contribution in [3.8, 4) is 0 Å². The minimum atomic E-state index is -0.306. The summed E-state index contributed by atoms with van der Waals surface area (Å²) in [4.78, 5) is 23.5. The van der Waals surface area contributed by atoms with Gasteiger partial charge in [-0.2, -0.15) is 4.98 Å². The Kier molecular flexibility index (Phi) is 5.29. The second kappa shape index (κ2) is 7.84. The van der Waals surface area contributed by atoms with Gasteiger partial charge in [0.25, 0.3) is 6.01 Å². The molecule has 2 aliphatic rings. The van der Waals surface area contributed by atoms with Gasteiger partial charge < -0.3 is 19.1 Å². The molecule has 1 aromatic carbocycles. The van der Waals surface area contributed by atoms with Crippen LogP contribution < -0.4 is 4.90 Å². The highest BCUT2D eigenvalue weighted by atomic mass is 19.1. The average molecular weight is 374 g/mol. The predicted molar refractivity (Wildman–Crippen MR) is 102 cm³/mol. The highest BCUT2D eigenvalue weighted by Gasteiger charge is 2.27. The fourth-order valence-electron chi connectivity index (χ4n) is 4.04. The standard InChI is InChI=1S/C20H27FN4O2/c1-2-23-9-11-24(12-10-23)19(26)13-15-5-7-25(8-6-15)20-22-17-14-16(21)3-4-18(17)27-20/h3-4,14-15H,2,5-13H2,1H3. The summed E-state index contributed by atoms with van der Waals surface area (Å²) in [6.07, 6.45) is 2.54. The zero-order chi connectivity index (χ0) is 18.8. The van der Waals surface area contributed by atoms with Crippen molar-refractivity contribution in [2.75, 3.05) is 50.7 Å². The first-order valence-electron chi connectivity index (χ1n) is 9.93. The summed E-state index contributed by atoms with van der Waals surface area (Å²) in [6, 6.07) is 4.95. The SMILES string of the molecule is CCN1CCN(C(=O)CC2CCN(c3nc4cc(F)ccc4o3)CC2)CC1. The molecule has 0 N–H and O–H groups in total. The molecule has 27 heavy (non-hydrogen) atoms. The Morgan fingerprint density at radius 3 is 2.63 bits per heavy atom. The molecule has 0 aliphatic carbocycles. The zero-order valence-electron chi connectivity index (χ0n) is 15.9. The van der Waals surface area contributed by atoms with Crippen molar-refractivity contribution in [1.82, 2.24) is 14.8 Å². The molecule has 1 aromatic heterocycles. The summed E-state index contributed by atoms with van der Waals surface area (Å²) in [5.74, 6) is 0.403. The Labute approximate surface area is 158 Å². The number of oxazole rings is 1. The number of amides is 1. The maximum Gasteiger partial charge on any atom is 0.298 e. The lowest BCUT2D eigenvalue weighted by atomic mass is 9.93. The van der Waals surface area contributed by atoms with Crippen LogP contribution in [0.3, 0.4) is 0 Å². The Bertz CT molecular complexity index is 792. The minimum Gasteiger partial charge on any atom is -0.423 e. The van der Waals surface area contributed by atoms with Gasteiger partial charge in [-0.3, -0.25) is 4.79 Å². The molecular formula is C20H27FN4O2. The quantitative estimate of drug-likeness (QED) is 0.824. The van der Waals surface area contributed by atoms with E-state index in [0.717, 1.165) is 58.7 Å². The van der Waals surface area contributed by atoms with Crippen LogP contribution >= 0.6 is 0 Å². The van der Waals surface area contributed by atoms with Gasteiger partial charge in [0.05, 0.1) is 0 Å². The number of nitrogens with zero attached hydrogens (tertiary/aromatic N) is 4. The van der Waals surface area contributed by atoms with Crippen LogP contribution in [0.15, 0.2) is 22.6 Å². The Morgan fingerprint density at radius 1 is 1.19 bits per heavy atom. The molecule has 2 aliphatic heterocycles. The van der Waals surface area contributed by atoms with E-state index < -0.39 is 0 Å². The van der Waals surface area contributed by atoms with Crippen LogP contribution in [0.1, 0.15) is 26.2 Å². The summed E-state index contributed by atoms with van der Waals surface area (Å²) < 4.78 is 19.1. The molecule has 0 saturated carbocycles. The molecule has 0 atom stereocenters. The lowest BCUT2D eigenvalue weighted by Crippen LogP contribution is -2.49. The molecule has 7 heteroatoms. The van der Waals surface area contributed by atoms with Crippen molar-refractivity contribution >= 4 is 23.0 Å². The predicted octanol–water partition coefficient (Wildman–Crippen LogP) is 2.74. The van der Waals surface area contributed by atoms with Crippen LogP contribution in [-0.4, -0.2) is 66.5 Å². The van der Waals surface area contributed by atoms with Crippen LogP contribution in [0, 0.1) is 11.7 Å². The number of halogens is 1. The van der Waals surface area contributed by atoms with Crippen LogP contribution in [0.2, 0.25) is 0 Å². The number of hydrogen-bond acceptors (Lipinski definition) is 5. The van der Waals surface area contributed by atoms with Crippen LogP contribution in [0.5, 0.6) is 0 Å². The van der Waals surface area contributed by atoms with E-state index >= 15 is 0 Å². The maximum atomic E-state index is 13.3. The smallest absolute Gasteiger partial charge is 0.298 e. The van der Waals surface area contributed by atoms with Crippen molar-refractivity contribution in [3.63, 3.8) is 0 Å². The molecule has 2 aromatic rings. The van der Waals surface area contributed by atoms with Crippen LogP contribution in [-0.2, 0) is 4.79 Å². The lowest BCUT2D eigenvalue weighted by molar-refractivity contribution is -0.134. The number of benzene rings is 1. The van der Waals surface area contributed by atoms with E-state index in [1.165, 1.54) is 12.1 Å². The number of carbonyl (C=O) groups excluding carboxylic acids is 1. The van der Waals surface area contributed by atoms with E-state index in [4.69, 9.17) is 4.42 Å². The topological polar surface area (TPSA) is 52.8 Å². The van der Waals surface area contributed by atoms with Gasteiger partial charge in [-0.25, -0.2) is 4.39 Å². The number of fused-ring (bicyclic) bond motifs is 1. The van der Waals surface area contributed by atoms with Crippen LogP contribution in [0.4, 0.5) is 10.4 Å². The third kappa shape index (κ3) is 4.08. The number of aromatic nitrogens is 1. The lowest BCUT2D eigenvalue weighted by Gasteiger charge is -2.36. The van der Waals surface area contributed by atoms with E-state index in [0.29, 0.717) is 35.4 Å². The van der Waals surface area contributed by atoms with Gasteiger partial charge in [-0.05, 0) is 37.4 Å². The molecule has 0 spiro atoms. The first kappa shape index (κ1) is 18.2. The molecule has 6 nitrogen and oxygen atoms in total.